The number of benzene rings is 1. The van der Waals surface area contributed by atoms with Gasteiger partial charge < -0.3 is 0 Å². The Hall–Kier alpha value is -2.02. The molecule has 0 spiro atoms. The van der Waals surface area contributed by atoms with Crippen molar-refractivity contribution in [2.75, 3.05) is 0 Å². The van der Waals surface area contributed by atoms with E-state index in [1.165, 1.54) is 0 Å². The van der Waals surface area contributed by atoms with Crippen molar-refractivity contribution < 1.29 is 9.59 Å². The molecule has 1 aliphatic rings. The lowest BCUT2D eigenvalue weighted by molar-refractivity contribution is 0.522. The van der Waals surface area contributed by atoms with Gasteiger partial charge in [0.25, 0.3) is 0 Å². The predicted molar refractivity (Wildman–Crippen MR) is 86.6 cm³/mol. The molecule has 0 amide bonds. The Morgan fingerprint density at radius 3 is 2.55 bits per heavy atom. The molecule has 1 aliphatic carbocycles. The highest BCUT2D eigenvalue weighted by Crippen LogP contribution is 2.48. The first-order valence-electron chi connectivity index (χ1n) is 7.90. The van der Waals surface area contributed by atoms with Crippen molar-refractivity contribution in [3.63, 3.8) is 0 Å². The molecule has 0 N–H and O–H groups in total. The van der Waals surface area contributed by atoms with Gasteiger partial charge in [0.1, 0.15) is 0 Å². The van der Waals surface area contributed by atoms with Gasteiger partial charge in [-0.2, -0.15) is 9.98 Å². The highest BCUT2D eigenvalue weighted by Gasteiger charge is 2.34. The molecule has 22 heavy (non-hydrogen) atoms. The van der Waals surface area contributed by atoms with Gasteiger partial charge in [-0.3, -0.25) is 0 Å². The molecule has 4 nitrogen and oxygen atoms in total. The second kappa shape index (κ2) is 6.83. The Balaban J connectivity index is 2.66. The summed E-state index contributed by atoms with van der Waals surface area (Å²) in [5.74, 6) is 0. The third kappa shape index (κ3) is 3.09. The van der Waals surface area contributed by atoms with E-state index in [0.29, 0.717) is 11.4 Å². The average Bonchev–Trinajstić information content (AvgIpc) is 2.77. The van der Waals surface area contributed by atoms with Gasteiger partial charge in [-0.15, -0.1) is 0 Å². The summed E-state index contributed by atoms with van der Waals surface area (Å²) in [6.45, 7) is 6.48. The summed E-state index contributed by atoms with van der Waals surface area (Å²) < 4.78 is 0. The Labute approximate surface area is 131 Å². The Morgan fingerprint density at radius 1 is 1.18 bits per heavy atom. The van der Waals surface area contributed by atoms with E-state index in [4.69, 9.17) is 0 Å². The SMILES string of the molecule is CCCCCc1c(N=C=O)cc2c(c1N=C=O)C(C)(C)CC2. The molecular formula is C18H22N2O2. The van der Waals surface area contributed by atoms with Gasteiger partial charge in [-0.25, -0.2) is 9.59 Å². The molecule has 0 bridgehead atoms. The predicted octanol–water partition coefficient (Wildman–Crippen LogP) is 4.58. The summed E-state index contributed by atoms with van der Waals surface area (Å²) in [5, 5.41) is 0. The Bertz CT molecular complexity index is 664. The van der Waals surface area contributed by atoms with Crippen LogP contribution < -0.4 is 0 Å². The lowest BCUT2D eigenvalue weighted by atomic mass is 9.83. The number of unbranched alkanes of at least 4 members (excludes halogenated alkanes) is 2. The number of carbonyl (C=O) groups excluding carboxylic acids is 2. The first kappa shape index (κ1) is 16.4. The van der Waals surface area contributed by atoms with Crippen LogP contribution in [-0.4, -0.2) is 12.2 Å². The molecule has 0 unspecified atom stereocenters. The van der Waals surface area contributed by atoms with Crippen molar-refractivity contribution in [2.45, 2.75) is 64.7 Å². The van der Waals surface area contributed by atoms with Crippen LogP contribution >= 0.6 is 0 Å². The molecular weight excluding hydrogens is 276 g/mol. The van der Waals surface area contributed by atoms with Crippen molar-refractivity contribution in [3.05, 3.63) is 22.8 Å². The van der Waals surface area contributed by atoms with Gasteiger partial charge in [0.05, 0.1) is 11.4 Å². The Kier molecular flexibility index (Phi) is 5.07. The standard InChI is InChI=1S/C18H22N2O2/c1-4-5-6-7-14-15(19-11-21)10-13-8-9-18(2,3)16(13)17(14)20-12-22/h10H,4-9H2,1-3H3. The van der Waals surface area contributed by atoms with Crippen LogP contribution in [0.1, 0.15) is 63.1 Å². The largest absolute Gasteiger partial charge is 0.240 e. The van der Waals surface area contributed by atoms with Crippen molar-refractivity contribution >= 4 is 23.5 Å². The fraction of sp³-hybridized carbons (Fsp3) is 0.556. The van der Waals surface area contributed by atoms with E-state index in [1.54, 1.807) is 12.2 Å². The smallest absolute Gasteiger partial charge is 0.211 e. The van der Waals surface area contributed by atoms with Crippen LogP contribution in [0.4, 0.5) is 11.4 Å². The van der Waals surface area contributed by atoms with Crippen molar-refractivity contribution in [3.8, 4) is 0 Å². The van der Waals surface area contributed by atoms with Crippen LogP contribution in [0, 0.1) is 0 Å². The van der Waals surface area contributed by atoms with E-state index in [1.807, 2.05) is 6.07 Å². The van der Waals surface area contributed by atoms with E-state index < -0.39 is 0 Å². The zero-order valence-corrected chi connectivity index (χ0v) is 13.5. The maximum absolute atomic E-state index is 10.9. The number of rotatable bonds is 6. The normalized spacial score (nSPS) is 14.9. The van der Waals surface area contributed by atoms with E-state index in [0.717, 1.165) is 55.2 Å². The summed E-state index contributed by atoms with van der Waals surface area (Å²) >= 11 is 0. The van der Waals surface area contributed by atoms with Gasteiger partial charge in [-0.05, 0) is 48.3 Å². The first-order valence-corrected chi connectivity index (χ1v) is 7.90. The minimum absolute atomic E-state index is 0.0199. The van der Waals surface area contributed by atoms with Crippen molar-refractivity contribution in [2.24, 2.45) is 9.98 Å². The number of fused-ring (bicyclic) bond motifs is 1. The van der Waals surface area contributed by atoms with Crippen molar-refractivity contribution in [1.29, 1.82) is 0 Å². The van der Waals surface area contributed by atoms with E-state index in [2.05, 4.69) is 30.8 Å². The fourth-order valence-electron chi connectivity index (χ4n) is 3.39. The molecule has 4 heteroatoms. The third-order valence-corrected chi connectivity index (χ3v) is 4.51. The number of aryl methyl sites for hydroxylation is 1. The van der Waals surface area contributed by atoms with Gasteiger partial charge in [0, 0.05) is 5.56 Å². The summed E-state index contributed by atoms with van der Waals surface area (Å²) in [5.41, 5.74) is 4.40. The molecule has 0 aliphatic heterocycles. The monoisotopic (exact) mass is 298 g/mol. The third-order valence-electron chi connectivity index (χ3n) is 4.51. The minimum atomic E-state index is -0.0199. The first-order chi connectivity index (χ1) is 10.5. The van der Waals surface area contributed by atoms with E-state index >= 15 is 0 Å². The maximum Gasteiger partial charge on any atom is 0.240 e. The summed E-state index contributed by atoms with van der Waals surface area (Å²) in [6, 6.07) is 1.97. The van der Waals surface area contributed by atoms with Gasteiger partial charge in [0.2, 0.25) is 12.2 Å². The molecule has 116 valence electrons. The van der Waals surface area contributed by atoms with Gasteiger partial charge in [-0.1, -0.05) is 33.6 Å². The van der Waals surface area contributed by atoms with Gasteiger partial charge in [0.15, 0.2) is 0 Å². The lowest BCUT2D eigenvalue weighted by Gasteiger charge is -2.22. The lowest BCUT2D eigenvalue weighted by Crippen LogP contribution is -2.13. The van der Waals surface area contributed by atoms with Crippen LogP contribution in [0.3, 0.4) is 0 Å². The number of nitrogens with zero attached hydrogens (tertiary/aromatic N) is 2. The van der Waals surface area contributed by atoms with Crippen LogP contribution in [-0.2, 0) is 27.8 Å². The summed E-state index contributed by atoms with van der Waals surface area (Å²) in [7, 11) is 0. The summed E-state index contributed by atoms with van der Waals surface area (Å²) in [4.78, 5) is 29.5. The highest BCUT2D eigenvalue weighted by atomic mass is 16.1. The average molecular weight is 298 g/mol. The molecule has 1 aromatic carbocycles. The zero-order chi connectivity index (χ0) is 16.2. The minimum Gasteiger partial charge on any atom is -0.211 e. The molecule has 0 aromatic heterocycles. The quantitative estimate of drug-likeness (QED) is 0.438. The van der Waals surface area contributed by atoms with Gasteiger partial charge >= 0.3 is 0 Å². The maximum atomic E-state index is 10.9. The second-order valence-electron chi connectivity index (χ2n) is 6.50. The summed E-state index contributed by atoms with van der Waals surface area (Å²) in [6.07, 6.45) is 9.19. The van der Waals surface area contributed by atoms with E-state index in [-0.39, 0.29) is 5.41 Å². The molecule has 0 atom stereocenters. The van der Waals surface area contributed by atoms with Crippen LogP contribution in [0.15, 0.2) is 16.1 Å². The number of hydrogen-bond acceptors (Lipinski definition) is 4. The molecule has 0 fully saturated rings. The van der Waals surface area contributed by atoms with Crippen LogP contribution in [0.5, 0.6) is 0 Å². The van der Waals surface area contributed by atoms with Crippen LogP contribution in [0.25, 0.3) is 0 Å². The molecule has 1 aromatic rings. The molecule has 0 heterocycles. The Morgan fingerprint density at radius 2 is 1.91 bits per heavy atom. The zero-order valence-electron chi connectivity index (χ0n) is 13.5. The molecule has 2 rings (SSSR count). The molecule has 0 saturated carbocycles. The number of isocyanates is 2. The van der Waals surface area contributed by atoms with Crippen molar-refractivity contribution in [1.82, 2.24) is 0 Å². The van der Waals surface area contributed by atoms with E-state index in [9.17, 15) is 9.59 Å². The fourth-order valence-corrected chi connectivity index (χ4v) is 3.39. The number of aliphatic imine (C=N–C) groups is 2. The number of hydrogen-bond donors (Lipinski definition) is 0. The second-order valence-corrected chi connectivity index (χ2v) is 6.50. The molecule has 0 radical (unpaired) electrons. The topological polar surface area (TPSA) is 58.9 Å². The highest BCUT2D eigenvalue weighted by molar-refractivity contribution is 5.73. The molecule has 0 saturated heterocycles. The van der Waals surface area contributed by atoms with Crippen LogP contribution in [0.2, 0.25) is 0 Å².